The molecule has 0 N–H and O–H groups in total. The van der Waals surface area contributed by atoms with Crippen molar-refractivity contribution in [2.45, 2.75) is 27.4 Å². The predicted molar refractivity (Wildman–Crippen MR) is 149 cm³/mol. The Bertz CT molecular complexity index is 1530. The van der Waals surface area contributed by atoms with Crippen LogP contribution in [0, 0.1) is 5.82 Å². The van der Waals surface area contributed by atoms with Gasteiger partial charge < -0.3 is 18.9 Å². The van der Waals surface area contributed by atoms with Gasteiger partial charge in [-0.25, -0.2) is 18.8 Å². The topological polar surface area (TPSA) is 88.1 Å². The fourth-order valence-electron chi connectivity index (χ4n) is 3.52. The fraction of sp³-hybridized carbons (Fsp3) is 0.156. The summed E-state index contributed by atoms with van der Waals surface area (Å²) in [6, 6.07) is 14.2. The van der Waals surface area contributed by atoms with Gasteiger partial charge in [0, 0.05) is 35.5 Å². The van der Waals surface area contributed by atoms with Crippen LogP contribution in [0.25, 0.3) is 22.3 Å². The lowest BCUT2D eigenvalue weighted by atomic mass is 9.94. The number of halogens is 1. The van der Waals surface area contributed by atoms with Crippen LogP contribution in [0.5, 0.6) is 17.2 Å². The van der Waals surface area contributed by atoms with E-state index < -0.39 is 23.7 Å². The Labute approximate surface area is 232 Å². The van der Waals surface area contributed by atoms with Crippen LogP contribution >= 0.6 is 0 Å². The zero-order valence-corrected chi connectivity index (χ0v) is 22.8. The highest BCUT2D eigenvalue weighted by Crippen LogP contribution is 2.37. The number of carbonyl (C=O) groups is 3. The number of benzene rings is 3. The molecule has 7 nitrogen and oxygen atoms in total. The Morgan fingerprint density at radius 1 is 0.675 bits per heavy atom. The van der Waals surface area contributed by atoms with E-state index >= 15 is 4.39 Å². The first kappa shape index (κ1) is 29.7. The van der Waals surface area contributed by atoms with Crippen molar-refractivity contribution in [3.05, 3.63) is 102 Å². The van der Waals surface area contributed by atoms with Gasteiger partial charge in [-0.05, 0) is 73.4 Å². The molecule has 0 aliphatic rings. The highest BCUT2D eigenvalue weighted by Gasteiger charge is 2.18. The van der Waals surface area contributed by atoms with Gasteiger partial charge in [0.25, 0.3) is 0 Å². The highest BCUT2D eigenvalue weighted by atomic mass is 19.1. The molecule has 0 saturated carbocycles. The van der Waals surface area contributed by atoms with Gasteiger partial charge >= 0.3 is 17.9 Å². The highest BCUT2D eigenvalue weighted by molar-refractivity contribution is 5.92. The van der Waals surface area contributed by atoms with E-state index in [4.69, 9.17) is 18.9 Å². The number of hydrogen-bond donors (Lipinski definition) is 0. The molecular formula is C32H29FO7. The molecule has 0 amide bonds. The number of hydrogen-bond acceptors (Lipinski definition) is 7. The summed E-state index contributed by atoms with van der Waals surface area (Å²) in [6.45, 7) is 15.4. The van der Waals surface area contributed by atoms with Gasteiger partial charge in [0.05, 0.1) is 6.61 Å². The first-order valence-corrected chi connectivity index (χ1v) is 12.1. The number of methoxy groups -OCH3 is 1. The van der Waals surface area contributed by atoms with Crippen LogP contribution in [0.2, 0.25) is 0 Å². The molecule has 0 bridgehead atoms. The summed E-state index contributed by atoms with van der Waals surface area (Å²) in [5.41, 5.74) is 3.43. The third kappa shape index (κ3) is 7.18. The summed E-state index contributed by atoms with van der Waals surface area (Å²) >= 11 is 0. The van der Waals surface area contributed by atoms with Crippen LogP contribution < -0.4 is 14.2 Å². The van der Waals surface area contributed by atoms with E-state index in [2.05, 4.69) is 19.7 Å². The Balaban J connectivity index is 2.04. The van der Waals surface area contributed by atoms with Gasteiger partial charge in [-0.2, -0.15) is 0 Å². The van der Waals surface area contributed by atoms with Crippen LogP contribution in [0.4, 0.5) is 4.39 Å². The minimum Gasteiger partial charge on any atom is -0.423 e. The maximum atomic E-state index is 15.0. The molecule has 0 aliphatic heterocycles. The Morgan fingerprint density at radius 3 is 1.77 bits per heavy atom. The lowest BCUT2D eigenvalue weighted by Crippen LogP contribution is -2.13. The van der Waals surface area contributed by atoms with Crippen molar-refractivity contribution < 1.29 is 37.7 Å². The first-order valence-electron chi connectivity index (χ1n) is 12.1. The van der Waals surface area contributed by atoms with E-state index in [1.54, 1.807) is 30.3 Å². The molecule has 206 valence electrons. The van der Waals surface area contributed by atoms with Crippen LogP contribution in [0.15, 0.2) is 91.1 Å². The Morgan fingerprint density at radius 2 is 1.20 bits per heavy atom. The molecule has 3 aromatic rings. The van der Waals surface area contributed by atoms with Gasteiger partial charge in [-0.1, -0.05) is 37.9 Å². The van der Waals surface area contributed by atoms with Gasteiger partial charge in [0.15, 0.2) is 11.5 Å². The van der Waals surface area contributed by atoms with Crippen molar-refractivity contribution in [3.63, 3.8) is 0 Å². The summed E-state index contributed by atoms with van der Waals surface area (Å²) in [5.74, 6) is -2.48. The van der Waals surface area contributed by atoms with Gasteiger partial charge in [0.2, 0.25) is 0 Å². The minimum absolute atomic E-state index is 0.0125. The average Bonchev–Trinajstić information content (AvgIpc) is 2.89. The second-order valence-corrected chi connectivity index (χ2v) is 9.12. The molecular weight excluding hydrogens is 515 g/mol. The van der Waals surface area contributed by atoms with Crippen molar-refractivity contribution in [2.75, 3.05) is 7.11 Å². The number of carbonyl (C=O) groups excluding carboxylic acids is 3. The van der Waals surface area contributed by atoms with Crippen molar-refractivity contribution in [1.82, 2.24) is 0 Å². The lowest BCUT2D eigenvalue weighted by Gasteiger charge is -2.16. The van der Waals surface area contributed by atoms with Crippen LogP contribution in [0.3, 0.4) is 0 Å². The van der Waals surface area contributed by atoms with Crippen LogP contribution in [-0.4, -0.2) is 25.0 Å². The number of esters is 3. The van der Waals surface area contributed by atoms with Crippen LogP contribution in [0.1, 0.15) is 26.3 Å². The number of rotatable bonds is 10. The van der Waals surface area contributed by atoms with Crippen molar-refractivity contribution in [2.24, 2.45) is 0 Å². The van der Waals surface area contributed by atoms with Crippen molar-refractivity contribution in [3.8, 4) is 39.5 Å². The van der Waals surface area contributed by atoms with Crippen LogP contribution in [-0.2, 0) is 25.7 Å². The molecule has 0 fully saturated rings. The van der Waals surface area contributed by atoms with Crippen molar-refractivity contribution >= 4 is 17.9 Å². The SMILES string of the molecule is C=C(C)C(=O)Oc1ccc(-c2ccc(-c3ccc(OC(=O)C(=C)C)c(OC(=O)C(=C)C)c3)c(COC)c2)c(F)c1. The Hall–Kier alpha value is -4.82. The molecule has 8 heteroatoms. The third-order valence-corrected chi connectivity index (χ3v) is 5.57. The molecule has 3 rings (SSSR count). The summed E-state index contributed by atoms with van der Waals surface area (Å²) in [6.07, 6.45) is 0. The van der Waals surface area contributed by atoms with Gasteiger partial charge in [-0.15, -0.1) is 0 Å². The predicted octanol–water partition coefficient (Wildman–Crippen LogP) is 6.75. The standard InChI is InChI=1S/C32H29FO7/c1-18(2)30(34)38-24-10-12-26(27(33)16-24)21-8-11-25(23(14-21)17-37-7)22-9-13-28(39-31(35)19(3)4)29(15-22)40-32(36)20(5)6/h8-16H,1,3,5,17H2,2,4,6-7H3. The molecule has 0 unspecified atom stereocenters. The summed E-state index contributed by atoms with van der Waals surface area (Å²) in [4.78, 5) is 36.2. The van der Waals surface area contributed by atoms with E-state index in [0.717, 1.165) is 6.07 Å². The van der Waals surface area contributed by atoms with Gasteiger partial charge in [0.1, 0.15) is 11.6 Å². The third-order valence-electron chi connectivity index (χ3n) is 5.57. The fourth-order valence-corrected chi connectivity index (χ4v) is 3.52. The molecule has 0 spiro atoms. The molecule has 0 aliphatic carbocycles. The van der Waals surface area contributed by atoms with E-state index in [1.807, 2.05) is 0 Å². The maximum absolute atomic E-state index is 15.0. The monoisotopic (exact) mass is 544 g/mol. The summed E-state index contributed by atoms with van der Waals surface area (Å²) in [7, 11) is 1.53. The molecule has 3 aromatic carbocycles. The second kappa shape index (κ2) is 12.8. The zero-order valence-electron chi connectivity index (χ0n) is 22.8. The Kier molecular flexibility index (Phi) is 9.53. The smallest absolute Gasteiger partial charge is 0.338 e. The molecule has 0 heterocycles. The molecule has 0 saturated heterocycles. The van der Waals surface area contributed by atoms with E-state index in [0.29, 0.717) is 22.3 Å². The first-order chi connectivity index (χ1) is 18.9. The summed E-state index contributed by atoms with van der Waals surface area (Å²) < 4.78 is 36.3. The summed E-state index contributed by atoms with van der Waals surface area (Å²) in [5, 5.41) is 0. The zero-order chi connectivity index (χ0) is 29.6. The normalized spacial score (nSPS) is 10.4. The van der Waals surface area contributed by atoms with E-state index in [1.165, 1.54) is 46.1 Å². The van der Waals surface area contributed by atoms with Gasteiger partial charge in [-0.3, -0.25) is 0 Å². The van der Waals surface area contributed by atoms with E-state index in [-0.39, 0.29) is 46.1 Å². The molecule has 40 heavy (non-hydrogen) atoms. The number of ether oxygens (including phenoxy) is 4. The average molecular weight is 545 g/mol. The minimum atomic E-state index is -0.690. The quantitative estimate of drug-likeness (QED) is 0.158. The maximum Gasteiger partial charge on any atom is 0.338 e. The largest absolute Gasteiger partial charge is 0.423 e. The van der Waals surface area contributed by atoms with E-state index in [9.17, 15) is 14.4 Å². The molecule has 0 atom stereocenters. The van der Waals surface area contributed by atoms with Crippen molar-refractivity contribution in [1.29, 1.82) is 0 Å². The lowest BCUT2D eigenvalue weighted by molar-refractivity contribution is -0.132. The second-order valence-electron chi connectivity index (χ2n) is 9.12. The molecule has 0 radical (unpaired) electrons. The molecule has 0 aromatic heterocycles.